The van der Waals surface area contributed by atoms with E-state index in [0.717, 1.165) is 32.1 Å². The summed E-state index contributed by atoms with van der Waals surface area (Å²) in [6.07, 6.45) is 5.43. The fourth-order valence-corrected chi connectivity index (χ4v) is 2.64. The average Bonchev–Trinajstić information content (AvgIpc) is 2.73. The van der Waals surface area contributed by atoms with Crippen molar-refractivity contribution in [3.8, 4) is 11.8 Å². The van der Waals surface area contributed by atoms with Crippen molar-refractivity contribution in [2.24, 2.45) is 0 Å². The molecule has 5 nitrogen and oxygen atoms in total. The third kappa shape index (κ3) is 7.24. The summed E-state index contributed by atoms with van der Waals surface area (Å²) in [5.74, 6) is -0.145. The molecule has 0 bridgehead atoms. The lowest BCUT2D eigenvalue weighted by molar-refractivity contribution is -0.143. The maximum absolute atomic E-state index is 12.2. The Morgan fingerprint density at radius 1 is 0.929 bits per heavy atom. The predicted octanol–water partition coefficient (Wildman–Crippen LogP) is 4.83. The van der Waals surface area contributed by atoms with Crippen molar-refractivity contribution in [3.05, 3.63) is 65.2 Å². The number of carbonyl (C=O) groups is 2. The van der Waals surface area contributed by atoms with E-state index in [2.05, 4.69) is 0 Å². The third-order valence-corrected chi connectivity index (χ3v) is 4.30. The molecule has 0 amide bonds. The number of aryl methyl sites for hydroxylation is 1. The minimum absolute atomic E-state index is 0.141. The van der Waals surface area contributed by atoms with Gasteiger partial charge in [-0.05, 0) is 61.2 Å². The molecule has 0 aliphatic heterocycles. The summed E-state index contributed by atoms with van der Waals surface area (Å²) in [4.78, 5) is 23.2. The van der Waals surface area contributed by atoms with Crippen LogP contribution in [0.4, 0.5) is 0 Å². The average molecular weight is 379 g/mol. The SMILES string of the molecule is CCC(=O)OCCCCCCc1ccc(C(=O)Oc2ccc(C#N)cc2)cc1. The van der Waals surface area contributed by atoms with Gasteiger partial charge in [-0.15, -0.1) is 0 Å². The highest BCUT2D eigenvalue weighted by Crippen LogP contribution is 2.15. The van der Waals surface area contributed by atoms with Crippen LogP contribution >= 0.6 is 0 Å². The number of ether oxygens (including phenoxy) is 2. The Hall–Kier alpha value is -3.13. The summed E-state index contributed by atoms with van der Waals surface area (Å²) in [6, 6.07) is 15.9. The van der Waals surface area contributed by atoms with Crippen molar-refractivity contribution in [1.82, 2.24) is 0 Å². The maximum Gasteiger partial charge on any atom is 0.343 e. The second kappa shape index (κ2) is 11.6. The number of benzene rings is 2. The van der Waals surface area contributed by atoms with E-state index < -0.39 is 5.97 Å². The van der Waals surface area contributed by atoms with Crippen molar-refractivity contribution in [2.45, 2.75) is 45.4 Å². The molecule has 0 spiro atoms. The Balaban J connectivity index is 1.70. The number of nitriles is 1. The number of unbranched alkanes of at least 4 members (excludes halogenated alkanes) is 3. The Morgan fingerprint density at radius 2 is 1.61 bits per heavy atom. The minimum atomic E-state index is -0.419. The summed E-state index contributed by atoms with van der Waals surface area (Å²) in [5, 5.41) is 8.78. The quantitative estimate of drug-likeness (QED) is 0.336. The Kier molecular flexibility index (Phi) is 8.74. The van der Waals surface area contributed by atoms with Crippen molar-refractivity contribution in [2.75, 3.05) is 6.61 Å². The van der Waals surface area contributed by atoms with Gasteiger partial charge in [0.25, 0.3) is 0 Å². The number of nitrogens with zero attached hydrogens (tertiary/aromatic N) is 1. The molecule has 2 aromatic carbocycles. The highest BCUT2D eigenvalue weighted by Gasteiger charge is 2.08. The van der Waals surface area contributed by atoms with Gasteiger partial charge in [-0.3, -0.25) is 4.79 Å². The first-order valence-electron chi connectivity index (χ1n) is 9.59. The maximum atomic E-state index is 12.2. The molecular weight excluding hydrogens is 354 g/mol. The number of carbonyl (C=O) groups excluding carboxylic acids is 2. The molecule has 146 valence electrons. The van der Waals surface area contributed by atoms with E-state index in [1.54, 1.807) is 43.3 Å². The molecule has 5 heteroatoms. The molecule has 0 aliphatic carbocycles. The first kappa shape index (κ1) is 21.2. The molecule has 0 aromatic heterocycles. The van der Waals surface area contributed by atoms with Crippen LogP contribution in [0.15, 0.2) is 48.5 Å². The van der Waals surface area contributed by atoms with Crippen LogP contribution < -0.4 is 4.74 Å². The molecule has 0 fully saturated rings. The molecule has 0 saturated carbocycles. The molecule has 0 aliphatic rings. The van der Waals surface area contributed by atoms with Gasteiger partial charge in [0.2, 0.25) is 0 Å². The summed E-state index contributed by atoms with van der Waals surface area (Å²) >= 11 is 0. The van der Waals surface area contributed by atoms with Crippen LogP contribution in [0.3, 0.4) is 0 Å². The van der Waals surface area contributed by atoms with Crippen molar-refractivity contribution >= 4 is 11.9 Å². The van der Waals surface area contributed by atoms with Gasteiger partial charge in [-0.2, -0.15) is 5.26 Å². The van der Waals surface area contributed by atoms with Crippen molar-refractivity contribution < 1.29 is 19.1 Å². The summed E-state index contributed by atoms with van der Waals surface area (Å²) in [7, 11) is 0. The second-order valence-corrected chi connectivity index (χ2v) is 6.46. The lowest BCUT2D eigenvalue weighted by Gasteiger charge is -2.06. The minimum Gasteiger partial charge on any atom is -0.466 e. The molecule has 28 heavy (non-hydrogen) atoms. The smallest absolute Gasteiger partial charge is 0.343 e. The Labute approximate surface area is 165 Å². The summed E-state index contributed by atoms with van der Waals surface area (Å²) < 4.78 is 10.4. The van der Waals surface area contributed by atoms with Crippen LogP contribution in [-0.4, -0.2) is 18.5 Å². The normalized spacial score (nSPS) is 10.1. The number of hydrogen-bond acceptors (Lipinski definition) is 5. The second-order valence-electron chi connectivity index (χ2n) is 6.46. The molecule has 0 atom stereocenters. The largest absolute Gasteiger partial charge is 0.466 e. The summed E-state index contributed by atoms with van der Waals surface area (Å²) in [6.45, 7) is 2.29. The van der Waals surface area contributed by atoms with E-state index in [0.29, 0.717) is 29.9 Å². The number of rotatable bonds is 10. The van der Waals surface area contributed by atoms with Crippen LogP contribution in [0.25, 0.3) is 0 Å². The lowest BCUT2D eigenvalue weighted by Crippen LogP contribution is -2.08. The first-order chi connectivity index (χ1) is 13.6. The van der Waals surface area contributed by atoms with Crippen molar-refractivity contribution in [3.63, 3.8) is 0 Å². The molecule has 0 N–H and O–H groups in total. The molecule has 0 heterocycles. The van der Waals surface area contributed by atoms with E-state index in [-0.39, 0.29) is 5.97 Å². The van der Waals surface area contributed by atoms with E-state index in [1.807, 2.05) is 18.2 Å². The number of hydrogen-bond donors (Lipinski definition) is 0. The highest BCUT2D eigenvalue weighted by atomic mass is 16.5. The van der Waals surface area contributed by atoms with Gasteiger partial charge in [0.05, 0.1) is 23.8 Å². The molecule has 0 radical (unpaired) electrons. The van der Waals surface area contributed by atoms with Gasteiger partial charge in [0.1, 0.15) is 5.75 Å². The molecule has 0 saturated heterocycles. The van der Waals surface area contributed by atoms with Crippen LogP contribution in [0, 0.1) is 11.3 Å². The Morgan fingerprint density at radius 3 is 2.25 bits per heavy atom. The van der Waals surface area contributed by atoms with Gasteiger partial charge >= 0.3 is 11.9 Å². The van der Waals surface area contributed by atoms with Gasteiger partial charge < -0.3 is 9.47 Å². The summed E-state index contributed by atoms with van der Waals surface area (Å²) in [5.41, 5.74) is 2.18. The molecule has 0 unspecified atom stereocenters. The van der Waals surface area contributed by atoms with Crippen LogP contribution in [0.2, 0.25) is 0 Å². The van der Waals surface area contributed by atoms with Gasteiger partial charge in [-0.25, -0.2) is 4.79 Å². The monoisotopic (exact) mass is 379 g/mol. The van der Waals surface area contributed by atoms with Crippen LogP contribution in [-0.2, 0) is 16.0 Å². The van der Waals surface area contributed by atoms with E-state index in [9.17, 15) is 9.59 Å². The first-order valence-corrected chi connectivity index (χ1v) is 9.59. The van der Waals surface area contributed by atoms with E-state index >= 15 is 0 Å². The zero-order valence-electron chi connectivity index (χ0n) is 16.1. The van der Waals surface area contributed by atoms with Crippen LogP contribution in [0.1, 0.15) is 60.5 Å². The standard InChI is InChI=1S/C23H25NO4/c1-2-22(25)27-16-6-4-3-5-7-18-8-12-20(13-9-18)23(26)28-21-14-10-19(17-24)11-15-21/h8-15H,2-7,16H2,1H3. The Bertz CT molecular complexity index is 804. The molecular formula is C23H25NO4. The van der Waals surface area contributed by atoms with Crippen molar-refractivity contribution in [1.29, 1.82) is 5.26 Å². The van der Waals surface area contributed by atoms with Crippen LogP contribution in [0.5, 0.6) is 5.75 Å². The van der Waals surface area contributed by atoms with Gasteiger partial charge in [-0.1, -0.05) is 31.9 Å². The zero-order chi connectivity index (χ0) is 20.2. The molecule has 2 rings (SSSR count). The van der Waals surface area contributed by atoms with E-state index in [1.165, 1.54) is 5.56 Å². The van der Waals surface area contributed by atoms with Gasteiger partial charge in [0, 0.05) is 6.42 Å². The molecule has 2 aromatic rings. The number of esters is 2. The zero-order valence-corrected chi connectivity index (χ0v) is 16.1. The third-order valence-electron chi connectivity index (χ3n) is 4.30. The fraction of sp³-hybridized carbons (Fsp3) is 0.348. The van der Waals surface area contributed by atoms with E-state index in [4.69, 9.17) is 14.7 Å². The van der Waals surface area contributed by atoms with Gasteiger partial charge in [0.15, 0.2) is 0 Å². The highest BCUT2D eigenvalue weighted by molar-refractivity contribution is 5.91. The topological polar surface area (TPSA) is 76.4 Å². The fourth-order valence-electron chi connectivity index (χ4n) is 2.64. The lowest BCUT2D eigenvalue weighted by atomic mass is 10.0. The predicted molar refractivity (Wildman–Crippen MR) is 106 cm³/mol.